The molecule has 1 aliphatic heterocycles. The van der Waals surface area contributed by atoms with Crippen LogP contribution in [0.15, 0.2) is 0 Å². The van der Waals surface area contributed by atoms with Crippen LogP contribution in [0, 0.1) is 5.92 Å². The summed E-state index contributed by atoms with van der Waals surface area (Å²) in [5.41, 5.74) is 5.89. The summed E-state index contributed by atoms with van der Waals surface area (Å²) in [6.07, 6.45) is 4.97. The second-order valence-electron chi connectivity index (χ2n) is 3.77. The SMILES string of the molecule is CCC(CC)C1CC(N)CCO1. The fraction of sp³-hybridized carbons (Fsp3) is 1.00. The molecular weight excluding hydrogens is 150 g/mol. The van der Waals surface area contributed by atoms with E-state index in [0.29, 0.717) is 12.1 Å². The molecule has 1 heterocycles. The zero-order valence-corrected chi connectivity index (χ0v) is 8.25. The van der Waals surface area contributed by atoms with E-state index in [0.717, 1.165) is 25.4 Å². The maximum Gasteiger partial charge on any atom is 0.0617 e. The van der Waals surface area contributed by atoms with Gasteiger partial charge in [-0.2, -0.15) is 0 Å². The second kappa shape index (κ2) is 4.83. The van der Waals surface area contributed by atoms with Gasteiger partial charge in [-0.25, -0.2) is 0 Å². The van der Waals surface area contributed by atoms with Crippen LogP contribution in [0.1, 0.15) is 39.5 Å². The molecule has 2 N–H and O–H groups in total. The van der Waals surface area contributed by atoms with Crippen molar-refractivity contribution in [3.8, 4) is 0 Å². The molecule has 0 amide bonds. The third-order valence-corrected chi connectivity index (χ3v) is 2.93. The van der Waals surface area contributed by atoms with Crippen molar-refractivity contribution in [1.29, 1.82) is 0 Å². The first-order chi connectivity index (χ1) is 5.77. The quantitative estimate of drug-likeness (QED) is 0.704. The predicted octanol–water partition coefficient (Wildman–Crippen LogP) is 1.93. The van der Waals surface area contributed by atoms with Crippen molar-refractivity contribution >= 4 is 0 Å². The van der Waals surface area contributed by atoms with Crippen LogP contribution in [0.5, 0.6) is 0 Å². The van der Waals surface area contributed by atoms with Crippen LogP contribution >= 0.6 is 0 Å². The molecule has 0 aromatic heterocycles. The zero-order valence-electron chi connectivity index (χ0n) is 8.25. The normalized spacial score (nSPS) is 31.0. The summed E-state index contributed by atoms with van der Waals surface area (Å²) in [6, 6.07) is 0.379. The van der Waals surface area contributed by atoms with Gasteiger partial charge in [0.25, 0.3) is 0 Å². The first-order valence-corrected chi connectivity index (χ1v) is 5.15. The van der Waals surface area contributed by atoms with E-state index < -0.39 is 0 Å². The van der Waals surface area contributed by atoms with Crippen molar-refractivity contribution in [3.63, 3.8) is 0 Å². The van der Waals surface area contributed by atoms with Crippen molar-refractivity contribution in [1.82, 2.24) is 0 Å². The Bertz CT molecular complexity index is 123. The lowest BCUT2D eigenvalue weighted by molar-refractivity contribution is -0.0296. The molecule has 1 aliphatic rings. The monoisotopic (exact) mass is 171 g/mol. The summed E-state index contributed by atoms with van der Waals surface area (Å²) < 4.78 is 5.71. The third kappa shape index (κ3) is 2.46. The molecule has 0 radical (unpaired) electrons. The Morgan fingerprint density at radius 2 is 2.08 bits per heavy atom. The summed E-state index contributed by atoms with van der Waals surface area (Å²) in [7, 11) is 0. The predicted molar refractivity (Wildman–Crippen MR) is 51.0 cm³/mol. The Hall–Kier alpha value is -0.0800. The van der Waals surface area contributed by atoms with Crippen molar-refractivity contribution in [3.05, 3.63) is 0 Å². The van der Waals surface area contributed by atoms with Crippen molar-refractivity contribution in [2.45, 2.75) is 51.7 Å². The molecule has 2 unspecified atom stereocenters. The third-order valence-electron chi connectivity index (χ3n) is 2.93. The van der Waals surface area contributed by atoms with E-state index in [1.807, 2.05) is 0 Å². The van der Waals surface area contributed by atoms with E-state index in [2.05, 4.69) is 13.8 Å². The largest absolute Gasteiger partial charge is 0.378 e. The molecule has 0 aromatic carbocycles. The highest BCUT2D eigenvalue weighted by molar-refractivity contribution is 4.78. The molecule has 72 valence electrons. The molecule has 1 fully saturated rings. The van der Waals surface area contributed by atoms with E-state index in [9.17, 15) is 0 Å². The second-order valence-corrected chi connectivity index (χ2v) is 3.77. The van der Waals surface area contributed by atoms with Crippen LogP contribution in [0.3, 0.4) is 0 Å². The number of hydrogen-bond donors (Lipinski definition) is 1. The van der Waals surface area contributed by atoms with Crippen LogP contribution in [-0.2, 0) is 4.74 Å². The van der Waals surface area contributed by atoms with Crippen LogP contribution < -0.4 is 5.73 Å². The molecule has 1 saturated heterocycles. The summed E-state index contributed by atoms with van der Waals surface area (Å²) in [4.78, 5) is 0. The number of hydrogen-bond acceptors (Lipinski definition) is 2. The first kappa shape index (κ1) is 10.0. The number of nitrogens with two attached hydrogens (primary N) is 1. The number of rotatable bonds is 3. The molecule has 0 spiro atoms. The van der Waals surface area contributed by atoms with Gasteiger partial charge in [0.05, 0.1) is 6.10 Å². The summed E-state index contributed by atoms with van der Waals surface area (Å²) in [5.74, 6) is 0.719. The van der Waals surface area contributed by atoms with Gasteiger partial charge in [0.1, 0.15) is 0 Å². The van der Waals surface area contributed by atoms with Gasteiger partial charge < -0.3 is 10.5 Å². The van der Waals surface area contributed by atoms with E-state index in [1.54, 1.807) is 0 Å². The minimum atomic E-state index is 0.379. The molecule has 2 heteroatoms. The standard InChI is InChI=1S/C10H21NO/c1-3-8(4-2)10-7-9(11)5-6-12-10/h8-10H,3-7,11H2,1-2H3. The van der Waals surface area contributed by atoms with Gasteiger partial charge in [-0.15, -0.1) is 0 Å². The average molecular weight is 171 g/mol. The van der Waals surface area contributed by atoms with Gasteiger partial charge in [-0.3, -0.25) is 0 Å². The minimum absolute atomic E-state index is 0.379. The zero-order chi connectivity index (χ0) is 8.97. The van der Waals surface area contributed by atoms with Gasteiger partial charge in [0.15, 0.2) is 0 Å². The minimum Gasteiger partial charge on any atom is -0.378 e. The van der Waals surface area contributed by atoms with Gasteiger partial charge in [0, 0.05) is 12.6 Å². The maximum atomic E-state index is 5.89. The molecule has 1 rings (SSSR count). The Morgan fingerprint density at radius 1 is 1.42 bits per heavy atom. The Kier molecular flexibility index (Phi) is 4.02. The molecule has 2 atom stereocenters. The fourth-order valence-corrected chi connectivity index (χ4v) is 2.00. The molecule has 0 bridgehead atoms. The molecule has 0 saturated carbocycles. The molecule has 0 aromatic rings. The van der Waals surface area contributed by atoms with Crippen molar-refractivity contribution < 1.29 is 4.74 Å². The highest BCUT2D eigenvalue weighted by atomic mass is 16.5. The molecule has 0 aliphatic carbocycles. The van der Waals surface area contributed by atoms with E-state index >= 15 is 0 Å². The van der Waals surface area contributed by atoms with Gasteiger partial charge in [-0.05, 0) is 18.8 Å². The highest BCUT2D eigenvalue weighted by Crippen LogP contribution is 2.24. The van der Waals surface area contributed by atoms with Crippen molar-refractivity contribution in [2.75, 3.05) is 6.61 Å². The van der Waals surface area contributed by atoms with Crippen molar-refractivity contribution in [2.24, 2.45) is 11.7 Å². The Labute approximate surface area is 75.5 Å². The van der Waals surface area contributed by atoms with E-state index in [1.165, 1.54) is 12.8 Å². The lowest BCUT2D eigenvalue weighted by Crippen LogP contribution is -2.38. The van der Waals surface area contributed by atoms with Crippen LogP contribution in [0.25, 0.3) is 0 Å². The van der Waals surface area contributed by atoms with Crippen LogP contribution in [-0.4, -0.2) is 18.8 Å². The van der Waals surface area contributed by atoms with E-state index in [4.69, 9.17) is 10.5 Å². The lowest BCUT2D eigenvalue weighted by atomic mass is 9.90. The lowest BCUT2D eigenvalue weighted by Gasteiger charge is -2.32. The highest BCUT2D eigenvalue weighted by Gasteiger charge is 2.25. The molecular formula is C10H21NO. The van der Waals surface area contributed by atoms with Gasteiger partial charge in [-0.1, -0.05) is 26.7 Å². The van der Waals surface area contributed by atoms with Gasteiger partial charge >= 0.3 is 0 Å². The average Bonchev–Trinajstić information content (AvgIpc) is 2.07. The Balaban J connectivity index is 2.38. The molecule has 12 heavy (non-hydrogen) atoms. The summed E-state index contributed by atoms with van der Waals surface area (Å²) in [5, 5.41) is 0. The van der Waals surface area contributed by atoms with Crippen LogP contribution in [0.4, 0.5) is 0 Å². The fourth-order valence-electron chi connectivity index (χ4n) is 2.00. The summed E-state index contributed by atoms with van der Waals surface area (Å²) >= 11 is 0. The smallest absolute Gasteiger partial charge is 0.0617 e. The topological polar surface area (TPSA) is 35.2 Å². The maximum absolute atomic E-state index is 5.89. The Morgan fingerprint density at radius 3 is 2.58 bits per heavy atom. The van der Waals surface area contributed by atoms with E-state index in [-0.39, 0.29) is 0 Å². The van der Waals surface area contributed by atoms with Crippen LogP contribution in [0.2, 0.25) is 0 Å². The molecule has 2 nitrogen and oxygen atoms in total. The summed E-state index contributed by atoms with van der Waals surface area (Å²) in [6.45, 7) is 5.33. The van der Waals surface area contributed by atoms with Gasteiger partial charge in [0.2, 0.25) is 0 Å². The first-order valence-electron chi connectivity index (χ1n) is 5.15. The number of ether oxygens (including phenoxy) is 1.